The lowest BCUT2D eigenvalue weighted by molar-refractivity contribution is 1.49. The van der Waals surface area contributed by atoms with Gasteiger partial charge in [-0.2, -0.15) is 0 Å². The number of halogens is 1. The van der Waals surface area contributed by atoms with Crippen molar-refractivity contribution in [3.05, 3.63) is 71.3 Å². The first kappa shape index (κ1) is 12.4. The maximum atomic E-state index is 8.22. The molecule has 1 aliphatic rings. The van der Waals surface area contributed by atoms with Gasteiger partial charge >= 0.3 is 0 Å². The van der Waals surface area contributed by atoms with Gasteiger partial charge < -0.3 is 5.73 Å². The standard InChI is InChI=1S/C15H12N2.ClH/c16-14-11-8-4-5-9-12(11)15(17)13(14)10-6-2-1-3-7-10;/h1-9,16H,17H2;1H. The van der Waals surface area contributed by atoms with Gasteiger partial charge in [-0.25, -0.2) is 0 Å². The molecule has 90 valence electrons. The van der Waals surface area contributed by atoms with Gasteiger partial charge in [0.2, 0.25) is 0 Å². The number of fused-ring (bicyclic) bond motifs is 1. The van der Waals surface area contributed by atoms with E-state index in [1.807, 2.05) is 54.6 Å². The second kappa shape index (κ2) is 4.67. The summed E-state index contributed by atoms with van der Waals surface area (Å²) in [5.41, 5.74) is 11.1. The van der Waals surface area contributed by atoms with Crippen LogP contribution in [0, 0.1) is 5.41 Å². The summed E-state index contributed by atoms with van der Waals surface area (Å²) in [6.45, 7) is 0. The lowest BCUT2D eigenvalue weighted by Crippen LogP contribution is -1.99. The normalized spacial score (nSPS) is 13.2. The summed E-state index contributed by atoms with van der Waals surface area (Å²) in [5.74, 6) is 0. The van der Waals surface area contributed by atoms with E-state index in [9.17, 15) is 0 Å². The van der Waals surface area contributed by atoms with E-state index < -0.39 is 0 Å². The molecule has 18 heavy (non-hydrogen) atoms. The van der Waals surface area contributed by atoms with E-state index in [0.717, 1.165) is 22.3 Å². The number of allylic oxidation sites excluding steroid dienone is 1. The fraction of sp³-hybridized carbons (Fsp3) is 0. The smallest absolute Gasteiger partial charge is 0.0718 e. The van der Waals surface area contributed by atoms with Crippen molar-refractivity contribution in [2.24, 2.45) is 5.73 Å². The van der Waals surface area contributed by atoms with Gasteiger partial charge in [0.05, 0.1) is 5.71 Å². The van der Waals surface area contributed by atoms with Gasteiger partial charge in [-0.15, -0.1) is 12.4 Å². The van der Waals surface area contributed by atoms with Crippen LogP contribution in [0.2, 0.25) is 0 Å². The van der Waals surface area contributed by atoms with Crippen LogP contribution in [-0.2, 0) is 0 Å². The second-order valence-corrected chi connectivity index (χ2v) is 4.08. The number of benzene rings is 2. The molecule has 0 radical (unpaired) electrons. The van der Waals surface area contributed by atoms with Crippen LogP contribution in [0.3, 0.4) is 0 Å². The van der Waals surface area contributed by atoms with Crippen molar-refractivity contribution in [1.82, 2.24) is 0 Å². The summed E-state index contributed by atoms with van der Waals surface area (Å²) in [5, 5.41) is 8.22. The van der Waals surface area contributed by atoms with Crippen LogP contribution in [-0.4, -0.2) is 5.71 Å². The predicted octanol–water partition coefficient (Wildman–Crippen LogP) is 3.32. The minimum absolute atomic E-state index is 0. The van der Waals surface area contributed by atoms with Crippen LogP contribution in [0.15, 0.2) is 54.6 Å². The highest BCUT2D eigenvalue weighted by molar-refractivity contribution is 6.40. The molecule has 0 spiro atoms. The van der Waals surface area contributed by atoms with Gasteiger partial charge in [0, 0.05) is 22.4 Å². The van der Waals surface area contributed by atoms with Gasteiger partial charge in [-0.3, -0.25) is 5.41 Å². The summed E-state index contributed by atoms with van der Waals surface area (Å²) in [6.07, 6.45) is 0. The highest BCUT2D eigenvalue weighted by Crippen LogP contribution is 2.34. The topological polar surface area (TPSA) is 49.9 Å². The summed E-state index contributed by atoms with van der Waals surface area (Å²) in [4.78, 5) is 0. The quantitative estimate of drug-likeness (QED) is 0.808. The summed E-state index contributed by atoms with van der Waals surface area (Å²) in [6, 6.07) is 17.7. The third kappa shape index (κ3) is 1.71. The number of rotatable bonds is 1. The Hall–Kier alpha value is -2.06. The number of nitrogens with one attached hydrogen (secondary N) is 1. The van der Waals surface area contributed by atoms with E-state index in [1.54, 1.807) is 0 Å². The second-order valence-electron chi connectivity index (χ2n) is 4.08. The molecule has 0 fully saturated rings. The first-order valence-corrected chi connectivity index (χ1v) is 5.53. The maximum absolute atomic E-state index is 8.22. The van der Waals surface area contributed by atoms with Crippen LogP contribution >= 0.6 is 12.4 Å². The number of nitrogens with two attached hydrogens (primary N) is 1. The number of hydrogen-bond donors (Lipinski definition) is 2. The SMILES string of the molecule is Cl.N=C1C(c2ccccc2)=C(N)c2ccccc21. The molecule has 0 unspecified atom stereocenters. The average molecular weight is 257 g/mol. The monoisotopic (exact) mass is 256 g/mol. The molecule has 0 heterocycles. The molecule has 0 bridgehead atoms. The Morgan fingerprint density at radius 1 is 0.778 bits per heavy atom. The Morgan fingerprint density at radius 3 is 1.94 bits per heavy atom. The van der Waals surface area contributed by atoms with Crippen LogP contribution < -0.4 is 5.73 Å². The van der Waals surface area contributed by atoms with E-state index in [0.29, 0.717) is 11.4 Å². The van der Waals surface area contributed by atoms with Crippen molar-refractivity contribution in [2.45, 2.75) is 0 Å². The molecule has 0 aromatic heterocycles. The van der Waals surface area contributed by atoms with Crippen LogP contribution in [0.4, 0.5) is 0 Å². The summed E-state index contributed by atoms with van der Waals surface area (Å²) >= 11 is 0. The third-order valence-electron chi connectivity index (χ3n) is 3.07. The molecule has 0 aliphatic heterocycles. The van der Waals surface area contributed by atoms with Crippen molar-refractivity contribution in [3.63, 3.8) is 0 Å². The Bertz CT molecular complexity index is 630. The summed E-state index contributed by atoms with van der Waals surface area (Å²) in [7, 11) is 0. The minimum atomic E-state index is 0. The Morgan fingerprint density at radius 2 is 1.33 bits per heavy atom. The average Bonchev–Trinajstić information content (AvgIpc) is 2.64. The highest BCUT2D eigenvalue weighted by Gasteiger charge is 2.25. The molecule has 2 nitrogen and oxygen atoms in total. The van der Waals surface area contributed by atoms with E-state index in [1.165, 1.54) is 0 Å². The van der Waals surface area contributed by atoms with Crippen LogP contribution in [0.1, 0.15) is 16.7 Å². The van der Waals surface area contributed by atoms with Crippen molar-refractivity contribution >= 4 is 29.4 Å². The van der Waals surface area contributed by atoms with Crippen molar-refractivity contribution in [2.75, 3.05) is 0 Å². The van der Waals surface area contributed by atoms with Gasteiger partial charge in [0.15, 0.2) is 0 Å². The molecule has 3 rings (SSSR count). The maximum Gasteiger partial charge on any atom is 0.0718 e. The molecule has 3 heteroatoms. The van der Waals surface area contributed by atoms with Crippen LogP contribution in [0.5, 0.6) is 0 Å². The van der Waals surface area contributed by atoms with Crippen molar-refractivity contribution < 1.29 is 0 Å². The molecule has 0 saturated carbocycles. The van der Waals surface area contributed by atoms with E-state index >= 15 is 0 Å². The fourth-order valence-corrected chi connectivity index (χ4v) is 2.24. The van der Waals surface area contributed by atoms with Crippen LogP contribution in [0.25, 0.3) is 11.3 Å². The minimum Gasteiger partial charge on any atom is -0.398 e. The van der Waals surface area contributed by atoms with Crippen molar-refractivity contribution in [1.29, 1.82) is 5.41 Å². The zero-order valence-corrected chi connectivity index (χ0v) is 10.5. The first-order chi connectivity index (χ1) is 8.29. The summed E-state index contributed by atoms with van der Waals surface area (Å²) < 4.78 is 0. The number of hydrogen-bond acceptors (Lipinski definition) is 2. The molecule has 0 atom stereocenters. The Labute approximate surface area is 112 Å². The predicted molar refractivity (Wildman–Crippen MR) is 78.0 cm³/mol. The molecular weight excluding hydrogens is 244 g/mol. The molecule has 1 aliphatic carbocycles. The molecule has 0 amide bonds. The van der Waals surface area contributed by atoms with E-state index in [2.05, 4.69) is 0 Å². The van der Waals surface area contributed by atoms with E-state index in [-0.39, 0.29) is 12.4 Å². The van der Waals surface area contributed by atoms with Crippen molar-refractivity contribution in [3.8, 4) is 0 Å². The van der Waals surface area contributed by atoms with Gasteiger partial charge in [-0.1, -0.05) is 54.6 Å². The highest BCUT2D eigenvalue weighted by atomic mass is 35.5. The Kier molecular flexibility index (Phi) is 3.21. The zero-order chi connectivity index (χ0) is 11.8. The molecular formula is C15H13ClN2. The largest absolute Gasteiger partial charge is 0.398 e. The molecule has 2 aromatic carbocycles. The van der Waals surface area contributed by atoms with E-state index in [4.69, 9.17) is 11.1 Å². The van der Waals surface area contributed by atoms with Gasteiger partial charge in [0.1, 0.15) is 0 Å². The molecule has 0 saturated heterocycles. The zero-order valence-electron chi connectivity index (χ0n) is 9.68. The lowest BCUT2D eigenvalue weighted by atomic mass is 10.0. The van der Waals surface area contributed by atoms with Gasteiger partial charge in [0.25, 0.3) is 0 Å². The lowest BCUT2D eigenvalue weighted by Gasteiger charge is -2.04. The molecule has 3 N–H and O–H groups in total. The Balaban J connectivity index is 0.00000120. The van der Waals surface area contributed by atoms with Gasteiger partial charge in [-0.05, 0) is 5.56 Å². The fourth-order valence-electron chi connectivity index (χ4n) is 2.24. The molecule has 2 aromatic rings. The first-order valence-electron chi connectivity index (χ1n) is 5.53. The third-order valence-corrected chi connectivity index (χ3v) is 3.07.